The maximum atomic E-state index is 11.3. The van der Waals surface area contributed by atoms with Gasteiger partial charge in [-0.05, 0) is 152 Å². The molecule has 0 unspecified atom stereocenters. The Hall–Kier alpha value is -7.44. The number of anilines is 4. The Labute approximate surface area is 528 Å². The molecule has 0 aliphatic heterocycles. The van der Waals surface area contributed by atoms with E-state index in [1.165, 1.54) is 21.0 Å². The van der Waals surface area contributed by atoms with Crippen molar-refractivity contribution >= 4 is 137 Å². The topological polar surface area (TPSA) is 248 Å². The van der Waals surface area contributed by atoms with Gasteiger partial charge < -0.3 is 35.1 Å². The number of hydrogen-bond acceptors (Lipinski definition) is 16. The minimum atomic E-state index is -3.22. The Morgan fingerprint density at radius 2 is 1.00 bits per heavy atom. The predicted octanol–water partition coefficient (Wildman–Crippen LogP) is 18.2. The molecule has 17 nitrogen and oxygen atoms in total. The SMILES string of the molecule is C.C.C.C.C.CC#N.CC#N.CNc1ccc(OC)cc1.COC(=O)c1ccccc1N.COc1ccc(N(C)c2nc(C)nc3ccccc23)cc1.Cc1nc(Cl)c2ccccc2n1.Cc1nc2ccccc2c(=O)[nH]1.Cl.Cl.O=P(Cl)(Cl)Cl. The minimum absolute atomic E-state index is 0. The van der Waals surface area contributed by atoms with Gasteiger partial charge >= 0.3 is 11.2 Å². The minimum Gasteiger partial charge on any atom is -0.497 e. The molecule has 0 atom stereocenters. The van der Waals surface area contributed by atoms with E-state index in [9.17, 15) is 14.2 Å². The van der Waals surface area contributed by atoms with Gasteiger partial charge in [-0.25, -0.2) is 29.7 Å². The summed E-state index contributed by atoms with van der Waals surface area (Å²) in [5.41, 5.74) is 11.0. The van der Waals surface area contributed by atoms with Crippen molar-refractivity contribution in [1.82, 2.24) is 29.9 Å². The molecule has 0 aliphatic rings. The largest absolute Gasteiger partial charge is 0.497 e. The van der Waals surface area contributed by atoms with Gasteiger partial charge in [-0.3, -0.25) is 9.36 Å². The van der Waals surface area contributed by atoms with E-state index < -0.39 is 11.2 Å². The molecule has 0 saturated heterocycles. The first kappa shape index (κ1) is 87.8. The maximum Gasteiger partial charge on any atom is 0.339 e. The summed E-state index contributed by atoms with van der Waals surface area (Å²) in [5, 5.41) is 17.6. The van der Waals surface area contributed by atoms with E-state index >= 15 is 0 Å². The zero-order valence-corrected chi connectivity index (χ0v) is 50.3. The van der Waals surface area contributed by atoms with E-state index in [2.05, 4.69) is 78.6 Å². The third kappa shape index (κ3) is 31.8. The fourth-order valence-corrected chi connectivity index (χ4v) is 6.54. The number of nitrogens with one attached hydrogen (secondary N) is 2. The lowest BCUT2D eigenvalue weighted by atomic mass is 10.2. The maximum absolute atomic E-state index is 11.3. The quantitative estimate of drug-likeness (QED) is 0.0606. The summed E-state index contributed by atoms with van der Waals surface area (Å²) in [6.07, 6.45) is 0. The number of nitrogens with zero attached hydrogens (tertiary/aromatic N) is 8. The van der Waals surface area contributed by atoms with Crippen molar-refractivity contribution in [3.8, 4) is 23.6 Å². The van der Waals surface area contributed by atoms with Crippen LogP contribution in [0.3, 0.4) is 0 Å². The lowest BCUT2D eigenvalue weighted by Crippen LogP contribution is -2.12. The number of nitriles is 2. The second-order valence-corrected chi connectivity index (χ2v) is 22.0. The molecule has 4 N–H and O–H groups in total. The molecule has 6 aromatic carbocycles. The molecule has 3 aromatic heterocycles. The van der Waals surface area contributed by atoms with E-state index in [1.807, 2.05) is 143 Å². The van der Waals surface area contributed by atoms with Crippen LogP contribution in [0.5, 0.6) is 11.5 Å². The molecule has 84 heavy (non-hydrogen) atoms. The summed E-state index contributed by atoms with van der Waals surface area (Å²) in [4.78, 5) is 48.5. The van der Waals surface area contributed by atoms with E-state index in [0.717, 1.165) is 61.8 Å². The lowest BCUT2D eigenvalue weighted by molar-refractivity contribution is 0.0602. The van der Waals surface area contributed by atoms with Crippen LogP contribution in [0, 0.1) is 43.4 Å². The standard InChI is InChI=1S/C17H17N3O.C9H7ClN2.C9H8N2O.C8H9NO2.C8H11NO.2C2H3N.5CH4.Cl3OP.2ClH/c1-12-18-16-7-5-4-6-15(16)17(19-12)20(2)13-8-10-14(21-3)11-9-13;1-6-11-8-5-3-2-4-7(8)9(10)12-6;1-6-10-8-5-3-2-4-7(8)9(12)11-6;1-11-8(10)6-4-2-3-5-7(6)9;1-9-7-3-5-8(10-2)6-4-7;2*1-2-3;;;;;;1-5(2,3)4;;/h4-11H,1-3H3;2-5H,1H3;2-5H,1H3,(H,10,11,12);2-5H,9H2,1H3;3-6,9H,1-2H3;2*1H3;5*1H4;;2*1H. The highest BCUT2D eigenvalue weighted by atomic mass is 36.0. The van der Waals surface area contributed by atoms with Crippen molar-refractivity contribution in [1.29, 1.82) is 10.5 Å². The Morgan fingerprint density at radius 1 is 0.619 bits per heavy atom. The number of aryl methyl sites for hydroxylation is 3. The Bertz CT molecular complexity index is 3430. The molecule has 9 aromatic rings. The zero-order valence-electron chi connectivity index (χ0n) is 44.7. The monoisotopic (exact) mass is 1290 g/mol. The van der Waals surface area contributed by atoms with Crippen LogP contribution in [0.4, 0.5) is 22.9 Å². The first-order valence-corrected chi connectivity index (χ1v) is 27.5. The van der Waals surface area contributed by atoms with Gasteiger partial charge in [-0.15, -0.1) is 24.8 Å². The molecular formula is C60H80Cl6N11O6P. The molecule has 9 rings (SSSR count). The van der Waals surface area contributed by atoms with E-state index in [-0.39, 0.29) is 67.5 Å². The first-order chi connectivity index (χ1) is 36.7. The molecule has 0 spiro atoms. The number of aromatic nitrogens is 6. The van der Waals surface area contributed by atoms with Crippen LogP contribution in [0.2, 0.25) is 5.15 Å². The van der Waals surface area contributed by atoms with E-state index in [1.54, 1.807) is 63.6 Å². The Kier molecular flexibility index (Phi) is 49.1. The summed E-state index contributed by atoms with van der Waals surface area (Å²) in [7, 11) is 8.56. The van der Waals surface area contributed by atoms with E-state index in [4.69, 9.17) is 37.3 Å². The molecule has 0 saturated carbocycles. The Balaban J connectivity index is -0.000000217. The number of ether oxygens (including phenoxy) is 3. The van der Waals surface area contributed by atoms with Crippen LogP contribution in [-0.2, 0) is 9.30 Å². The van der Waals surface area contributed by atoms with Gasteiger partial charge in [0.2, 0.25) is 0 Å². The van der Waals surface area contributed by atoms with Crippen molar-refractivity contribution in [2.24, 2.45) is 0 Å². The number of aromatic amines is 1. The summed E-state index contributed by atoms with van der Waals surface area (Å²) in [6, 6.07) is 49.1. The number of fused-ring (bicyclic) bond motifs is 3. The molecule has 24 heteroatoms. The second kappa shape index (κ2) is 47.0. The van der Waals surface area contributed by atoms with Gasteiger partial charge in [0.1, 0.15) is 39.9 Å². The highest BCUT2D eigenvalue weighted by Gasteiger charge is 2.12. The summed E-state index contributed by atoms with van der Waals surface area (Å²) < 4.78 is 24.2. The molecule has 0 fully saturated rings. The second-order valence-electron chi connectivity index (χ2n) is 15.0. The zero-order chi connectivity index (χ0) is 57.5. The predicted molar refractivity (Wildman–Crippen MR) is 362 cm³/mol. The molecular weight excluding hydrogens is 1210 g/mol. The highest BCUT2D eigenvalue weighted by Crippen LogP contribution is 2.61. The van der Waals surface area contributed by atoms with Crippen molar-refractivity contribution < 1.29 is 23.6 Å². The normalized spacial score (nSPS) is 8.81. The molecule has 0 bridgehead atoms. The number of rotatable bonds is 6. The van der Waals surface area contributed by atoms with E-state index in [0.29, 0.717) is 33.4 Å². The van der Waals surface area contributed by atoms with Gasteiger partial charge in [0, 0.05) is 55.8 Å². The number of H-pyrrole nitrogens is 1. The smallest absolute Gasteiger partial charge is 0.339 e. The van der Waals surface area contributed by atoms with Gasteiger partial charge in [-0.1, -0.05) is 97.3 Å². The van der Waals surface area contributed by atoms with Gasteiger partial charge in [0.25, 0.3) is 5.56 Å². The van der Waals surface area contributed by atoms with Crippen molar-refractivity contribution in [2.45, 2.75) is 71.8 Å². The molecule has 458 valence electrons. The Morgan fingerprint density at radius 3 is 1.44 bits per heavy atom. The van der Waals surface area contributed by atoms with Crippen molar-refractivity contribution in [3.05, 3.63) is 184 Å². The van der Waals surface area contributed by atoms with Gasteiger partial charge in [-0.2, -0.15) is 10.5 Å². The number of carbonyl (C=O) groups is 1. The summed E-state index contributed by atoms with van der Waals surface area (Å²) >= 11 is 19.8. The number of benzene rings is 6. The average Bonchev–Trinajstić information content (AvgIpc) is 3.55. The number of halogens is 6. The van der Waals surface area contributed by atoms with Crippen LogP contribution >= 0.6 is 75.3 Å². The summed E-state index contributed by atoms with van der Waals surface area (Å²) in [6.45, 7) is 8.38. The third-order valence-corrected chi connectivity index (χ3v) is 9.91. The lowest BCUT2D eigenvalue weighted by Gasteiger charge is -2.20. The molecule has 0 amide bonds. The molecule has 0 aliphatic carbocycles. The van der Waals surface area contributed by atoms with Crippen LogP contribution in [0.1, 0.15) is 78.8 Å². The molecule has 3 heterocycles. The number of methoxy groups -OCH3 is 3. The number of nitrogens with two attached hydrogens (primary N) is 1. The number of esters is 1. The third-order valence-electron chi connectivity index (χ3n) is 9.62. The average molecular weight is 1300 g/mol. The van der Waals surface area contributed by atoms with Crippen molar-refractivity contribution in [3.63, 3.8) is 0 Å². The van der Waals surface area contributed by atoms with Gasteiger partial charge in [0.15, 0.2) is 0 Å². The summed E-state index contributed by atoms with van der Waals surface area (Å²) in [5.74, 6) is 4.36. The van der Waals surface area contributed by atoms with Crippen LogP contribution in [0.15, 0.2) is 150 Å². The van der Waals surface area contributed by atoms with Crippen LogP contribution in [0.25, 0.3) is 32.7 Å². The first-order valence-electron chi connectivity index (χ1n) is 22.7. The number of nitrogen functional groups attached to an aromatic ring is 1. The fourth-order valence-electron chi connectivity index (χ4n) is 6.26. The molecule has 0 radical (unpaired) electrons. The highest BCUT2D eigenvalue weighted by molar-refractivity contribution is 8.24. The number of hydrogen-bond donors (Lipinski definition) is 3. The fraction of sp³-hybridized carbons (Fsp3) is 0.250. The number of carbonyl (C=O) groups excluding carboxylic acids is 1. The van der Waals surface area contributed by atoms with Crippen LogP contribution in [-0.4, -0.2) is 71.3 Å². The van der Waals surface area contributed by atoms with Crippen molar-refractivity contribution in [2.75, 3.05) is 51.4 Å². The van der Waals surface area contributed by atoms with Gasteiger partial charge in [0.05, 0.1) is 61.0 Å². The van der Waals surface area contributed by atoms with Crippen LogP contribution < -0.4 is 31.0 Å². The number of para-hydroxylation sites is 4.